The van der Waals surface area contributed by atoms with Gasteiger partial charge in [0.05, 0.1) is 73.3 Å². The molecule has 21 atom stereocenters. The maximum absolute atomic E-state index is 14.6. The molecule has 10 fully saturated rings. The Morgan fingerprint density at radius 3 is 2.31 bits per heavy atom. The smallest absolute Gasteiger partial charge is 0.407 e. The number of aliphatic hydroxyl groups is 1. The Morgan fingerprint density at radius 1 is 0.832 bits per heavy atom. The van der Waals surface area contributed by atoms with Gasteiger partial charge in [-0.3, -0.25) is 33.8 Å². The summed E-state index contributed by atoms with van der Waals surface area (Å²) in [6, 6.07) is 3.68. The molecule has 10 aliphatic rings. The molecule has 8 N–H and O–H groups in total. The molecule has 2 unspecified atom stereocenters. The quantitative estimate of drug-likeness (QED) is 0.0283. The molecule has 0 aliphatic carbocycles. The number of fused-ring (bicyclic) bond motifs is 6. The monoisotopic (exact) mass is 1570 g/mol. The Labute approximate surface area is 625 Å². The number of methoxy groups -OCH3 is 1. The van der Waals surface area contributed by atoms with Crippen molar-refractivity contribution in [1.82, 2.24) is 46.2 Å². The normalized spacial score (nSPS) is 33.0. The molecule has 30 heteroatoms. The number of amides is 6. The van der Waals surface area contributed by atoms with E-state index in [0.29, 0.717) is 67.6 Å². The maximum Gasteiger partial charge on any atom is 0.407 e. The van der Waals surface area contributed by atoms with Gasteiger partial charge in [-0.05, 0) is 105 Å². The molecule has 1 radical (unpaired) electrons. The molecule has 0 saturated carbocycles. The number of rotatable bonds is 22. The summed E-state index contributed by atoms with van der Waals surface area (Å²) in [6.45, 7) is 18.4. The molecule has 1 aromatic carbocycles. The summed E-state index contributed by atoms with van der Waals surface area (Å²) in [5.41, 5.74) is 8.51. The van der Waals surface area contributed by atoms with E-state index in [1.807, 2.05) is 0 Å². The molecule has 12 bridgehead atoms. The number of alkyl carbamates (subject to hydrolysis) is 1. The third-order valence-electron chi connectivity index (χ3n) is 21.7. The molecular formula is C71H98N11O17STb-. The number of nitrogens with two attached hydrogens (primary N) is 1. The molecule has 2 aromatic heterocycles. The second-order valence-corrected chi connectivity index (χ2v) is 30.1. The maximum atomic E-state index is 14.6. The van der Waals surface area contributed by atoms with E-state index in [4.69, 9.17) is 65.7 Å². The topological polar surface area (TPSA) is 358 Å². The van der Waals surface area contributed by atoms with E-state index in [2.05, 4.69) is 66.9 Å². The zero-order valence-corrected chi connectivity index (χ0v) is 61.2. The third kappa shape index (κ3) is 18.5. The first kappa shape index (κ1) is 76.8. The first-order valence-electron chi connectivity index (χ1n) is 35.6. The number of hydrogen-bond donors (Lipinski definition) is 7. The molecule has 1 spiro atoms. The van der Waals surface area contributed by atoms with E-state index >= 15 is 0 Å². The molecule has 6 amide bonds. The van der Waals surface area contributed by atoms with Crippen molar-refractivity contribution in [1.29, 1.82) is 0 Å². The predicted octanol–water partition coefficient (Wildman–Crippen LogP) is 5.49. The Hall–Kier alpha value is -5.35. The van der Waals surface area contributed by atoms with Crippen LogP contribution in [-0.4, -0.2) is 201 Å². The summed E-state index contributed by atoms with van der Waals surface area (Å²) >= 11 is 4.98. The number of ether oxygens (including phenoxy) is 10. The van der Waals surface area contributed by atoms with Crippen LogP contribution in [0.15, 0.2) is 72.3 Å². The van der Waals surface area contributed by atoms with E-state index in [1.54, 1.807) is 82.3 Å². The Balaban J connectivity index is 0.0000103. The summed E-state index contributed by atoms with van der Waals surface area (Å²) in [5.74, 6) is -3.03. The van der Waals surface area contributed by atoms with Crippen molar-refractivity contribution < 1.29 is 120 Å². The summed E-state index contributed by atoms with van der Waals surface area (Å²) < 4.78 is 68.1. The zero-order valence-electron chi connectivity index (χ0n) is 58.3. The number of carbonyl (C=O) groups excluding carboxylic acids is 6. The van der Waals surface area contributed by atoms with Gasteiger partial charge in [-0.2, -0.15) is 0 Å². The molecule has 28 nitrogen and oxygen atoms in total. The van der Waals surface area contributed by atoms with Crippen LogP contribution in [0, 0.1) is 61.8 Å². The number of aliphatic hydroxyl groups excluding tert-OH is 1. The van der Waals surface area contributed by atoms with Gasteiger partial charge in [0, 0.05) is 144 Å². The number of aromatic nitrogens is 5. The van der Waals surface area contributed by atoms with Gasteiger partial charge in [-0.1, -0.05) is 65.1 Å². The fourth-order valence-corrected chi connectivity index (χ4v) is 16.1. The van der Waals surface area contributed by atoms with Crippen LogP contribution in [0.25, 0.3) is 11.3 Å². The minimum Gasteiger partial charge on any atom is -0.740 e. The zero-order chi connectivity index (χ0) is 70.7. The predicted molar refractivity (Wildman–Crippen MR) is 361 cm³/mol. The number of benzene rings is 1. The fourth-order valence-electron chi connectivity index (χ4n) is 16.0. The van der Waals surface area contributed by atoms with Gasteiger partial charge in [-0.25, -0.2) is 9.59 Å². The SMILES string of the molecule is C=C1C[C@@H]2CC[C@@]34CC5O[C@H]6[C@@H](O3)[C@H]3O[C@H](CC[C@@H]3O[C@H]6[C@H]5O4)CC(=O)C[C@@H]3[C@@H](OC)[C@@H](C[C@H](O)CNC(=O)OCc4ccc(NC(=O)[C@H](CCCNC(N)=O)NC(=O)[C@@H](NC(=O)C(C)(C)CCn5cc(-c6cnc([S-])nc6)nn5)C(C)C)cc4)O[C@H]3C[C@H]3O[C@@H](CCC1O2)C[C@@H](C)C3=C.[Tb]. The van der Waals surface area contributed by atoms with Crippen LogP contribution in [0.4, 0.5) is 15.3 Å². The van der Waals surface area contributed by atoms with Crippen LogP contribution in [0.2, 0.25) is 0 Å². The van der Waals surface area contributed by atoms with Gasteiger partial charge in [0.2, 0.25) is 17.7 Å². The van der Waals surface area contributed by atoms with Gasteiger partial charge in [-0.15, -0.1) is 5.10 Å². The molecule has 13 rings (SSSR count). The average Bonchev–Trinajstić information content (AvgIpc) is 1.55. The van der Waals surface area contributed by atoms with Crippen molar-refractivity contribution in [2.45, 2.75) is 271 Å². The van der Waals surface area contributed by atoms with Crippen molar-refractivity contribution in [2.24, 2.45) is 28.9 Å². The molecular weight excluding hydrogens is 1470 g/mol. The first-order valence-corrected chi connectivity index (χ1v) is 36.0. The van der Waals surface area contributed by atoms with Crippen molar-refractivity contribution in [3.05, 3.63) is 72.7 Å². The third-order valence-corrected chi connectivity index (χ3v) is 21.9. The van der Waals surface area contributed by atoms with E-state index in [0.717, 1.165) is 43.3 Å². The summed E-state index contributed by atoms with van der Waals surface area (Å²) in [5, 5.41) is 33.9. The van der Waals surface area contributed by atoms with Crippen LogP contribution in [0.1, 0.15) is 143 Å². The van der Waals surface area contributed by atoms with Crippen LogP contribution in [0.3, 0.4) is 0 Å². The van der Waals surface area contributed by atoms with E-state index < -0.39 is 89.8 Å². The van der Waals surface area contributed by atoms with E-state index in [9.17, 15) is 33.9 Å². The number of urea groups is 1. The van der Waals surface area contributed by atoms with E-state index in [1.165, 1.54) is 0 Å². The largest absolute Gasteiger partial charge is 0.740 e. The fraction of sp³-hybridized carbons (Fsp3) is 0.690. The Morgan fingerprint density at radius 2 is 1.55 bits per heavy atom. The number of aryl methyl sites for hydroxylation is 1. The number of nitrogens with zero attached hydrogens (tertiary/aromatic N) is 5. The first-order chi connectivity index (χ1) is 47.9. The number of Topliss-reactive ketones (excluding diaryl/α,β-unsaturated/α-hetero) is 1. The Bertz CT molecular complexity index is 3440. The average molecular weight is 1570 g/mol. The van der Waals surface area contributed by atoms with Crippen LogP contribution < -0.4 is 32.3 Å². The van der Waals surface area contributed by atoms with Gasteiger partial charge >= 0.3 is 12.1 Å². The molecule has 10 aliphatic heterocycles. The number of hydrogen-bond acceptors (Lipinski definition) is 22. The number of anilines is 1. The van der Waals surface area contributed by atoms with Crippen molar-refractivity contribution >= 4 is 53.9 Å². The van der Waals surface area contributed by atoms with Crippen molar-refractivity contribution in [3.63, 3.8) is 0 Å². The summed E-state index contributed by atoms with van der Waals surface area (Å²) in [4.78, 5) is 89.2. The minimum absolute atomic E-state index is 0. The van der Waals surface area contributed by atoms with Crippen LogP contribution in [0.5, 0.6) is 0 Å². The molecule has 3 aromatic rings. The minimum atomic E-state index is -1.10. The molecule has 555 valence electrons. The Kier molecular flexibility index (Phi) is 25.4. The van der Waals surface area contributed by atoms with Crippen LogP contribution >= 0.6 is 0 Å². The number of nitrogens with one attached hydrogen (secondary N) is 5. The van der Waals surface area contributed by atoms with Gasteiger partial charge in [0.15, 0.2) is 5.79 Å². The molecule has 12 heterocycles. The molecule has 10 saturated heterocycles. The molecule has 101 heavy (non-hydrogen) atoms. The van der Waals surface area contributed by atoms with E-state index in [-0.39, 0.29) is 180 Å². The summed E-state index contributed by atoms with van der Waals surface area (Å²) in [6.07, 6.45) is 6.07. The van der Waals surface area contributed by atoms with Crippen molar-refractivity contribution in [2.75, 3.05) is 25.5 Å². The second kappa shape index (κ2) is 33.4. The van der Waals surface area contributed by atoms with Crippen LogP contribution in [-0.2, 0) is 92.3 Å². The number of ketones is 1. The second-order valence-electron chi connectivity index (χ2n) is 29.8. The van der Waals surface area contributed by atoms with Gasteiger partial charge < -0.3 is 97.4 Å². The number of primary amides is 1. The van der Waals surface area contributed by atoms with Gasteiger partial charge in [0.25, 0.3) is 0 Å². The standard InChI is InChI=1S/C71H99N11O17S.Tb/c1-36(2)57(79-66(87)70(6,7)21-23-82-34-50(80-81-82)41-31-74-68(100)75-32-41)65(86)78-49(10-9-22-73-67(72)88)64(85)77-42-13-11-40(12-14-42)35-91-69(89)76-33-44(84)28-55-58(90-8)48-27-43(83)26-46-16-18-52-59(94-46)63-62-61(96-52)60-56(97-62)30-71(98-60,99-63)20-19-47-25-38(4)51(92-47)17-15-45-24-37(3)39(5)53(93-45)29-54(48)95-55;/h11-14,31-32,34,36-37,44-49,51-63,84H,4-5,9-10,15-30,33,35H2,1-3,6-8H3,(H,76,89)(H,77,85)(H,78,86)(H,79,87)(H3,72,73,88)(H,74,75,100);/p-1/t37-,44+,45+,46-,47+,48+,49+,51?,52+,53-,54+,55-,56?,57+,58-,59+,60+,61+,62-,63+,71+;/m1./s1. The summed E-state index contributed by atoms with van der Waals surface area (Å²) in [7, 11) is 1.59. The van der Waals surface area contributed by atoms with Gasteiger partial charge in [0.1, 0.15) is 60.7 Å². The van der Waals surface area contributed by atoms with Crippen molar-refractivity contribution in [3.8, 4) is 11.3 Å². The number of carbonyl (C=O) groups is 6.